The first kappa shape index (κ1) is 31.4. The molecule has 3 rings (SSSR count). The van der Waals surface area contributed by atoms with Gasteiger partial charge < -0.3 is 0 Å². The number of carbonyl (C=O) groups is 2. The van der Waals surface area contributed by atoms with Crippen LogP contribution in [0.25, 0.3) is 0 Å². The molecule has 0 spiro atoms. The Kier molecular flexibility index (Phi) is 14.7. The van der Waals surface area contributed by atoms with Gasteiger partial charge in [-0.05, 0) is 37.1 Å². The van der Waals surface area contributed by atoms with E-state index in [-0.39, 0.29) is 10.2 Å². The van der Waals surface area contributed by atoms with Crippen LogP contribution in [0.4, 0.5) is 0 Å². The van der Waals surface area contributed by atoms with Crippen molar-refractivity contribution in [1.29, 1.82) is 0 Å². The van der Waals surface area contributed by atoms with Gasteiger partial charge in [-0.3, -0.25) is 9.59 Å². The third kappa shape index (κ3) is 10.4. The largest absolute Gasteiger partial charge is 0.282 e. The SMILES string of the molecule is C=CC(=O)SCC1CSC(CSC(C)c2ccccc2C(C)SCC2SCC(CSC(=O)C=C)S2)S1. The van der Waals surface area contributed by atoms with Crippen molar-refractivity contribution < 1.29 is 9.59 Å². The molecule has 0 aliphatic carbocycles. The molecule has 0 amide bonds. The molecule has 0 radical (unpaired) electrons. The Hall–Kier alpha value is 0.840. The van der Waals surface area contributed by atoms with E-state index in [0.29, 0.717) is 30.2 Å². The highest BCUT2D eigenvalue weighted by molar-refractivity contribution is 8.23. The molecule has 2 saturated heterocycles. The Balaban J connectivity index is 1.43. The Bertz CT molecular complexity index is 823. The normalized spacial score (nSPS) is 25.4. The predicted molar refractivity (Wildman–Crippen MR) is 179 cm³/mol. The van der Waals surface area contributed by atoms with Gasteiger partial charge in [-0.25, -0.2) is 0 Å². The molecule has 0 aromatic heterocycles. The first-order chi connectivity index (χ1) is 17.4. The number of hydrogen-bond donors (Lipinski definition) is 0. The van der Waals surface area contributed by atoms with Crippen LogP contribution in [-0.2, 0) is 9.59 Å². The van der Waals surface area contributed by atoms with E-state index in [1.54, 1.807) is 0 Å². The molecule has 6 atom stereocenters. The average Bonchev–Trinajstić information content (AvgIpc) is 3.56. The molecule has 10 heteroatoms. The van der Waals surface area contributed by atoms with E-state index in [1.165, 1.54) is 46.8 Å². The zero-order chi connectivity index (χ0) is 25.9. The lowest BCUT2D eigenvalue weighted by molar-refractivity contribution is -0.107. The van der Waals surface area contributed by atoms with Crippen molar-refractivity contribution in [2.45, 2.75) is 44.0 Å². The summed E-state index contributed by atoms with van der Waals surface area (Å²) >= 11 is 15.1. The summed E-state index contributed by atoms with van der Waals surface area (Å²) in [6.45, 7) is 11.8. The summed E-state index contributed by atoms with van der Waals surface area (Å²) in [6.07, 6.45) is 2.83. The standard InChI is InChI=1S/C26H34O2S8/c1-5-23(27)31-11-19-13-33-25(35-19)15-29-17(3)21-9-7-8-10-22(21)18(4)30-16-26-34-14-20(36-26)12-32-24(28)6-2/h5-10,17-20,25-26H,1-2,11-16H2,3-4H3. The molecule has 2 nitrogen and oxygen atoms in total. The van der Waals surface area contributed by atoms with Crippen LogP contribution in [0.1, 0.15) is 35.5 Å². The van der Waals surface area contributed by atoms with Gasteiger partial charge in [-0.1, -0.05) is 60.9 Å². The van der Waals surface area contributed by atoms with Gasteiger partial charge in [-0.2, -0.15) is 23.5 Å². The van der Waals surface area contributed by atoms with Crippen molar-refractivity contribution in [2.24, 2.45) is 0 Å². The highest BCUT2D eigenvalue weighted by Crippen LogP contribution is 2.46. The van der Waals surface area contributed by atoms with Gasteiger partial charge >= 0.3 is 0 Å². The Labute approximate surface area is 251 Å². The molecule has 2 heterocycles. The quantitative estimate of drug-likeness (QED) is 0.186. The second kappa shape index (κ2) is 16.8. The summed E-state index contributed by atoms with van der Waals surface area (Å²) in [5.41, 5.74) is 2.92. The monoisotopic (exact) mass is 634 g/mol. The summed E-state index contributed by atoms with van der Waals surface area (Å²) in [4.78, 5) is 23.0. The second-order valence-corrected chi connectivity index (χ2v) is 19.2. The number of thioether (sulfide) groups is 8. The van der Waals surface area contributed by atoms with Crippen molar-refractivity contribution in [3.8, 4) is 0 Å². The van der Waals surface area contributed by atoms with E-state index in [1.807, 2.05) is 47.0 Å². The van der Waals surface area contributed by atoms with Crippen LogP contribution in [0.15, 0.2) is 49.6 Å². The third-order valence-corrected chi connectivity index (χ3v) is 18.0. The molecular formula is C26H34O2S8. The molecular weight excluding hydrogens is 601 g/mol. The Morgan fingerprint density at radius 3 is 1.64 bits per heavy atom. The molecule has 2 aliphatic rings. The molecule has 0 N–H and O–H groups in total. The fourth-order valence-electron chi connectivity index (χ4n) is 3.71. The first-order valence-corrected chi connectivity index (χ1v) is 19.9. The van der Waals surface area contributed by atoms with Crippen LogP contribution in [0.2, 0.25) is 0 Å². The number of rotatable bonds is 14. The lowest BCUT2D eigenvalue weighted by Crippen LogP contribution is -2.08. The Morgan fingerprint density at radius 1 is 0.833 bits per heavy atom. The van der Waals surface area contributed by atoms with Gasteiger partial charge in [0, 0.05) is 55.5 Å². The smallest absolute Gasteiger partial charge is 0.211 e. The van der Waals surface area contributed by atoms with E-state index < -0.39 is 0 Å². The van der Waals surface area contributed by atoms with Crippen LogP contribution in [-0.4, -0.2) is 64.4 Å². The minimum atomic E-state index is 0.0830. The summed E-state index contributed by atoms with van der Waals surface area (Å²) in [5, 5.41) is 2.20. The highest BCUT2D eigenvalue weighted by atomic mass is 32.2. The average molecular weight is 635 g/mol. The van der Waals surface area contributed by atoms with Crippen LogP contribution in [0.3, 0.4) is 0 Å². The first-order valence-electron chi connectivity index (χ1n) is 11.8. The molecule has 0 saturated carbocycles. The van der Waals surface area contributed by atoms with Crippen LogP contribution in [0.5, 0.6) is 0 Å². The number of benzene rings is 1. The summed E-state index contributed by atoms with van der Waals surface area (Å²) in [5.74, 6) is 6.31. The molecule has 2 aliphatic heterocycles. The fourth-order valence-corrected chi connectivity index (χ4v) is 15.3. The third-order valence-electron chi connectivity index (χ3n) is 5.62. The summed E-state index contributed by atoms with van der Waals surface area (Å²) < 4.78 is 1.20. The van der Waals surface area contributed by atoms with Crippen molar-refractivity contribution in [3.05, 3.63) is 60.7 Å². The molecule has 0 bridgehead atoms. The van der Waals surface area contributed by atoms with Gasteiger partial charge in [0.15, 0.2) is 0 Å². The van der Waals surface area contributed by atoms with E-state index in [0.717, 1.165) is 34.5 Å². The van der Waals surface area contributed by atoms with Crippen LogP contribution in [0, 0.1) is 0 Å². The maximum atomic E-state index is 11.5. The van der Waals surface area contributed by atoms with Gasteiger partial charge in [0.2, 0.25) is 10.2 Å². The van der Waals surface area contributed by atoms with E-state index in [2.05, 4.69) is 74.8 Å². The minimum absolute atomic E-state index is 0.0830. The van der Waals surface area contributed by atoms with Crippen molar-refractivity contribution >= 4 is 104 Å². The summed E-state index contributed by atoms with van der Waals surface area (Å²) in [7, 11) is 0. The number of hydrogen-bond acceptors (Lipinski definition) is 10. The topological polar surface area (TPSA) is 34.1 Å². The van der Waals surface area contributed by atoms with Gasteiger partial charge in [0.25, 0.3) is 0 Å². The summed E-state index contributed by atoms with van der Waals surface area (Å²) in [6, 6.07) is 8.96. The van der Waals surface area contributed by atoms with E-state index >= 15 is 0 Å². The number of carbonyl (C=O) groups excluding carboxylic acids is 2. The zero-order valence-corrected chi connectivity index (χ0v) is 27.2. The highest BCUT2D eigenvalue weighted by Gasteiger charge is 2.29. The fraction of sp³-hybridized carbons (Fsp3) is 0.538. The predicted octanol–water partition coefficient (Wildman–Crippen LogP) is 8.52. The lowest BCUT2D eigenvalue weighted by Gasteiger charge is -2.22. The molecule has 6 unspecified atom stereocenters. The molecule has 1 aromatic rings. The maximum Gasteiger partial charge on any atom is 0.211 e. The zero-order valence-electron chi connectivity index (χ0n) is 20.7. The van der Waals surface area contributed by atoms with Crippen molar-refractivity contribution in [2.75, 3.05) is 34.5 Å². The van der Waals surface area contributed by atoms with E-state index in [9.17, 15) is 9.59 Å². The van der Waals surface area contributed by atoms with Crippen LogP contribution < -0.4 is 0 Å². The van der Waals surface area contributed by atoms with Crippen molar-refractivity contribution in [1.82, 2.24) is 0 Å². The minimum Gasteiger partial charge on any atom is -0.282 e. The van der Waals surface area contributed by atoms with Crippen LogP contribution >= 0.6 is 94.1 Å². The van der Waals surface area contributed by atoms with E-state index in [4.69, 9.17) is 0 Å². The molecule has 2 fully saturated rings. The molecule has 36 heavy (non-hydrogen) atoms. The second-order valence-electron chi connectivity index (χ2n) is 8.29. The van der Waals surface area contributed by atoms with Gasteiger partial charge in [-0.15, -0.1) is 47.0 Å². The van der Waals surface area contributed by atoms with Gasteiger partial charge in [0.1, 0.15) is 0 Å². The molecule has 198 valence electrons. The Morgan fingerprint density at radius 2 is 1.25 bits per heavy atom. The molecule has 1 aromatic carbocycles. The maximum absolute atomic E-state index is 11.5. The lowest BCUT2D eigenvalue weighted by atomic mass is 10.0. The van der Waals surface area contributed by atoms with Gasteiger partial charge in [0.05, 0.1) is 9.16 Å². The van der Waals surface area contributed by atoms with Crippen molar-refractivity contribution in [3.63, 3.8) is 0 Å².